The number of hydrogen-bond donors (Lipinski definition) is 3. The highest BCUT2D eigenvalue weighted by Gasteiger charge is 2.17. The first-order valence-corrected chi connectivity index (χ1v) is 7.00. The van der Waals surface area contributed by atoms with E-state index in [1.807, 2.05) is 6.07 Å². The average molecular weight is 298 g/mol. The lowest BCUT2D eigenvalue weighted by Crippen LogP contribution is -2.29. The summed E-state index contributed by atoms with van der Waals surface area (Å²) in [5, 5.41) is 8.68. The summed E-state index contributed by atoms with van der Waals surface area (Å²) in [5.74, 6) is -0.635. The number of primary amides is 1. The minimum atomic E-state index is -3.80. The second kappa shape index (κ2) is 6.85. The lowest BCUT2D eigenvalue weighted by atomic mass is 10.2. The Hall–Kier alpha value is -2.15. The highest BCUT2D eigenvalue weighted by Crippen LogP contribution is 2.19. The zero-order chi connectivity index (χ0) is 15.2. The molecule has 8 nitrogen and oxygen atoms in total. The maximum absolute atomic E-state index is 11.9. The molecule has 0 aliphatic carbocycles. The zero-order valence-corrected chi connectivity index (χ0v) is 11.3. The Bertz CT molecular complexity index is 636. The van der Waals surface area contributed by atoms with E-state index in [2.05, 4.69) is 4.72 Å². The van der Waals surface area contributed by atoms with Crippen LogP contribution in [0.4, 0.5) is 5.69 Å². The summed E-state index contributed by atoms with van der Waals surface area (Å²) in [6.07, 6.45) is 0. The van der Waals surface area contributed by atoms with Crippen molar-refractivity contribution in [1.29, 1.82) is 5.26 Å². The fourth-order valence-corrected chi connectivity index (χ4v) is 2.49. The summed E-state index contributed by atoms with van der Waals surface area (Å²) in [6, 6.07) is 5.74. The summed E-state index contributed by atoms with van der Waals surface area (Å²) < 4.78 is 30.9. The van der Waals surface area contributed by atoms with Gasteiger partial charge in [0.05, 0.1) is 23.9 Å². The molecule has 5 N–H and O–H groups in total. The third-order valence-electron chi connectivity index (χ3n) is 2.21. The number of anilines is 1. The molecule has 0 bridgehead atoms. The van der Waals surface area contributed by atoms with Gasteiger partial charge >= 0.3 is 0 Å². The third kappa shape index (κ3) is 4.51. The number of sulfonamides is 1. The average Bonchev–Trinajstić information content (AvgIpc) is 2.37. The first-order valence-electron chi connectivity index (χ1n) is 5.52. The van der Waals surface area contributed by atoms with Crippen molar-refractivity contribution >= 4 is 21.6 Å². The molecule has 0 aliphatic heterocycles. The van der Waals surface area contributed by atoms with Gasteiger partial charge in [0.25, 0.3) is 0 Å². The summed E-state index contributed by atoms with van der Waals surface area (Å²) in [7, 11) is -3.80. The topological polar surface area (TPSA) is 148 Å². The van der Waals surface area contributed by atoms with E-state index >= 15 is 0 Å². The molecule has 0 atom stereocenters. The molecule has 20 heavy (non-hydrogen) atoms. The fraction of sp³-hybridized carbons (Fsp3) is 0.273. The van der Waals surface area contributed by atoms with E-state index in [0.717, 1.165) is 0 Å². The summed E-state index contributed by atoms with van der Waals surface area (Å²) in [4.78, 5) is 10.3. The number of nitrogens with two attached hydrogens (primary N) is 2. The van der Waals surface area contributed by atoms with Crippen LogP contribution in [0.1, 0.15) is 5.56 Å². The van der Waals surface area contributed by atoms with E-state index in [1.54, 1.807) is 0 Å². The van der Waals surface area contributed by atoms with Crippen LogP contribution in [0.5, 0.6) is 0 Å². The van der Waals surface area contributed by atoms with Crippen LogP contribution in [-0.2, 0) is 19.6 Å². The van der Waals surface area contributed by atoms with Crippen molar-refractivity contribution in [3.05, 3.63) is 23.8 Å². The molecule has 0 heterocycles. The van der Waals surface area contributed by atoms with E-state index in [4.69, 9.17) is 21.5 Å². The van der Waals surface area contributed by atoms with Crippen LogP contribution in [-0.4, -0.2) is 34.1 Å². The molecule has 0 spiro atoms. The van der Waals surface area contributed by atoms with Crippen molar-refractivity contribution in [2.75, 3.05) is 25.5 Å². The minimum Gasteiger partial charge on any atom is -0.398 e. The number of nitriles is 1. The standard InChI is InChI=1S/C11H14N4O4S/c12-6-8-1-2-10(9(13)5-8)20(17,18)15-3-4-19-7-11(14)16/h1-2,5,15H,3-4,7,13H2,(H2,14,16). The smallest absolute Gasteiger partial charge is 0.243 e. The van der Waals surface area contributed by atoms with Gasteiger partial charge < -0.3 is 16.2 Å². The Labute approximate surface area is 116 Å². The van der Waals surface area contributed by atoms with E-state index in [0.29, 0.717) is 0 Å². The van der Waals surface area contributed by atoms with Crippen LogP contribution >= 0.6 is 0 Å². The zero-order valence-electron chi connectivity index (χ0n) is 10.5. The molecular formula is C11H14N4O4S. The first-order chi connectivity index (χ1) is 9.36. The highest BCUT2D eigenvalue weighted by molar-refractivity contribution is 7.89. The maximum atomic E-state index is 11.9. The van der Waals surface area contributed by atoms with Gasteiger partial charge in [-0.15, -0.1) is 0 Å². The Kier molecular flexibility index (Phi) is 5.45. The normalized spacial score (nSPS) is 10.9. The Morgan fingerprint density at radius 1 is 1.45 bits per heavy atom. The molecule has 1 rings (SSSR count). The van der Waals surface area contributed by atoms with Crippen molar-refractivity contribution < 1.29 is 17.9 Å². The number of nitrogens with one attached hydrogen (secondary N) is 1. The number of hydrogen-bond acceptors (Lipinski definition) is 6. The maximum Gasteiger partial charge on any atom is 0.243 e. The van der Waals surface area contributed by atoms with Gasteiger partial charge in [0.1, 0.15) is 11.5 Å². The number of amides is 1. The molecule has 1 amide bonds. The molecule has 0 radical (unpaired) electrons. The number of ether oxygens (including phenoxy) is 1. The van der Waals surface area contributed by atoms with Gasteiger partial charge in [0.2, 0.25) is 15.9 Å². The number of carbonyl (C=O) groups is 1. The number of nitrogen functional groups attached to an aromatic ring is 1. The molecule has 1 aromatic carbocycles. The van der Waals surface area contributed by atoms with Gasteiger partial charge in [-0.25, -0.2) is 13.1 Å². The van der Waals surface area contributed by atoms with E-state index < -0.39 is 15.9 Å². The van der Waals surface area contributed by atoms with Gasteiger partial charge in [0, 0.05) is 6.54 Å². The molecule has 0 unspecified atom stereocenters. The predicted molar refractivity (Wildman–Crippen MR) is 70.8 cm³/mol. The molecule has 0 saturated carbocycles. The van der Waals surface area contributed by atoms with Crippen LogP contribution in [0.2, 0.25) is 0 Å². The lowest BCUT2D eigenvalue weighted by Gasteiger charge is -2.09. The van der Waals surface area contributed by atoms with Gasteiger partial charge in [-0.2, -0.15) is 5.26 Å². The molecule has 0 aliphatic rings. The van der Waals surface area contributed by atoms with Gasteiger partial charge in [-0.05, 0) is 18.2 Å². The molecule has 1 aromatic rings. The van der Waals surface area contributed by atoms with Crippen molar-refractivity contribution in [2.45, 2.75) is 4.90 Å². The Morgan fingerprint density at radius 2 is 2.15 bits per heavy atom. The van der Waals surface area contributed by atoms with Crippen molar-refractivity contribution in [1.82, 2.24) is 4.72 Å². The minimum absolute atomic E-state index is 0.00163. The Balaban J connectivity index is 2.65. The molecule has 9 heteroatoms. The van der Waals surface area contributed by atoms with Crippen LogP contribution < -0.4 is 16.2 Å². The molecule has 0 aromatic heterocycles. The third-order valence-corrected chi connectivity index (χ3v) is 3.75. The molecular weight excluding hydrogens is 284 g/mol. The summed E-state index contributed by atoms with van der Waals surface area (Å²) in [6.45, 7) is -0.311. The predicted octanol–water partition coefficient (Wildman–Crippen LogP) is -1.08. The summed E-state index contributed by atoms with van der Waals surface area (Å²) >= 11 is 0. The Morgan fingerprint density at radius 3 is 2.70 bits per heavy atom. The van der Waals surface area contributed by atoms with Crippen molar-refractivity contribution in [3.63, 3.8) is 0 Å². The van der Waals surface area contributed by atoms with Crippen molar-refractivity contribution in [2.24, 2.45) is 5.73 Å². The van der Waals surface area contributed by atoms with E-state index in [9.17, 15) is 13.2 Å². The molecule has 0 fully saturated rings. The van der Waals surface area contributed by atoms with E-state index in [1.165, 1.54) is 18.2 Å². The second-order valence-corrected chi connectivity index (χ2v) is 5.52. The van der Waals surface area contributed by atoms with Crippen molar-refractivity contribution in [3.8, 4) is 6.07 Å². The van der Waals surface area contributed by atoms with Crippen LogP contribution in [0, 0.1) is 11.3 Å². The van der Waals surface area contributed by atoms with E-state index in [-0.39, 0.29) is 35.9 Å². The van der Waals surface area contributed by atoms with Gasteiger partial charge in [-0.3, -0.25) is 4.79 Å². The van der Waals surface area contributed by atoms with Crippen LogP contribution in [0.3, 0.4) is 0 Å². The highest BCUT2D eigenvalue weighted by atomic mass is 32.2. The molecule has 108 valence electrons. The quantitative estimate of drug-likeness (QED) is 0.430. The number of nitrogens with zero attached hydrogens (tertiary/aromatic N) is 1. The monoisotopic (exact) mass is 298 g/mol. The second-order valence-electron chi connectivity index (χ2n) is 3.78. The van der Waals surface area contributed by atoms with Crippen LogP contribution in [0.15, 0.2) is 23.1 Å². The van der Waals surface area contributed by atoms with Crippen LogP contribution in [0.25, 0.3) is 0 Å². The summed E-state index contributed by atoms with van der Waals surface area (Å²) in [5.41, 5.74) is 10.7. The first kappa shape index (κ1) is 15.9. The van der Waals surface area contributed by atoms with Gasteiger partial charge in [-0.1, -0.05) is 0 Å². The SMILES string of the molecule is N#Cc1ccc(S(=O)(=O)NCCOCC(N)=O)c(N)c1. The largest absolute Gasteiger partial charge is 0.398 e. The number of carbonyl (C=O) groups excluding carboxylic acids is 1. The number of rotatable bonds is 7. The molecule has 0 saturated heterocycles. The lowest BCUT2D eigenvalue weighted by molar-refractivity contribution is -0.122. The number of benzene rings is 1. The van der Waals surface area contributed by atoms with Gasteiger partial charge in [0.15, 0.2) is 0 Å². The fourth-order valence-electron chi connectivity index (χ4n) is 1.36.